The van der Waals surface area contributed by atoms with Gasteiger partial charge in [-0.05, 0) is 17.5 Å². The Bertz CT molecular complexity index is 438. The average Bonchev–Trinajstić information content (AvgIpc) is 2.31. The molecule has 0 atom stereocenters. The Morgan fingerprint density at radius 3 is 3.00 bits per heavy atom. The number of nitrogens with two attached hydrogens (primary N) is 1. The van der Waals surface area contributed by atoms with E-state index < -0.39 is 0 Å². The van der Waals surface area contributed by atoms with Crippen LogP contribution in [0.15, 0.2) is 24.3 Å². The van der Waals surface area contributed by atoms with Crippen LogP contribution in [0.5, 0.6) is 0 Å². The number of nitrogens with zero attached hydrogens (tertiary/aromatic N) is 1. The molecular weight excluding hydrogens is 200 g/mol. The average molecular weight is 216 g/mol. The van der Waals surface area contributed by atoms with E-state index in [4.69, 9.17) is 5.73 Å². The van der Waals surface area contributed by atoms with E-state index in [-0.39, 0.29) is 5.91 Å². The van der Waals surface area contributed by atoms with Gasteiger partial charge < -0.3 is 10.6 Å². The molecule has 1 heterocycles. The van der Waals surface area contributed by atoms with Gasteiger partial charge >= 0.3 is 0 Å². The van der Waals surface area contributed by atoms with Crippen LogP contribution < -0.4 is 10.6 Å². The largest absolute Gasteiger partial charge is 0.327 e. The molecule has 0 bridgehead atoms. The number of para-hydroxylation sites is 1. The second kappa shape index (κ2) is 4.49. The molecule has 1 aliphatic heterocycles. The molecule has 16 heavy (non-hydrogen) atoms. The highest BCUT2D eigenvalue weighted by Gasteiger charge is 2.22. The predicted molar refractivity (Wildman–Crippen MR) is 66.3 cm³/mol. The maximum atomic E-state index is 11.7. The number of carbonyl (C=O) groups excluding carboxylic acids is 1. The van der Waals surface area contributed by atoms with E-state index in [1.807, 2.05) is 31.3 Å². The Kier molecular flexibility index (Phi) is 3.06. The number of hydrogen-bond acceptors (Lipinski definition) is 2. The topological polar surface area (TPSA) is 46.3 Å². The lowest BCUT2D eigenvalue weighted by Gasteiger charge is -2.27. The van der Waals surface area contributed by atoms with Crippen molar-refractivity contribution in [1.29, 1.82) is 0 Å². The molecule has 1 aromatic rings. The number of amides is 1. The van der Waals surface area contributed by atoms with Crippen molar-refractivity contribution in [3.05, 3.63) is 35.4 Å². The zero-order valence-corrected chi connectivity index (χ0v) is 9.44. The number of anilines is 1. The molecule has 0 saturated carbocycles. The molecule has 0 spiro atoms. The summed E-state index contributed by atoms with van der Waals surface area (Å²) in [6.07, 6.45) is 5.33. The summed E-state index contributed by atoms with van der Waals surface area (Å²) in [6, 6.07) is 6.12. The number of fused-ring (bicyclic) bond motifs is 1. The van der Waals surface area contributed by atoms with Crippen LogP contribution in [0.25, 0.3) is 6.08 Å². The standard InChI is InChI=1S/C13H16N2O/c1-15-12(16)8-7-11-5-2-4-10(13(11)15)6-3-9-14/h2-6H,7-9,14H2,1H3/b6-3+. The van der Waals surface area contributed by atoms with Crippen LogP contribution in [-0.2, 0) is 11.2 Å². The molecule has 3 heteroatoms. The van der Waals surface area contributed by atoms with E-state index >= 15 is 0 Å². The molecule has 1 amide bonds. The summed E-state index contributed by atoms with van der Waals surface area (Å²) >= 11 is 0. The third-order valence-corrected chi connectivity index (χ3v) is 2.90. The molecule has 0 radical (unpaired) electrons. The predicted octanol–water partition coefficient (Wildman–Crippen LogP) is 1.57. The third kappa shape index (κ3) is 1.86. The van der Waals surface area contributed by atoms with Crippen LogP contribution in [0.2, 0.25) is 0 Å². The van der Waals surface area contributed by atoms with Crippen LogP contribution in [-0.4, -0.2) is 19.5 Å². The van der Waals surface area contributed by atoms with E-state index in [1.54, 1.807) is 4.90 Å². The highest BCUT2D eigenvalue weighted by molar-refractivity contribution is 5.98. The fraction of sp³-hybridized carbons (Fsp3) is 0.308. The fourth-order valence-electron chi connectivity index (χ4n) is 2.09. The Morgan fingerprint density at radius 1 is 1.44 bits per heavy atom. The van der Waals surface area contributed by atoms with Crippen molar-refractivity contribution in [2.24, 2.45) is 5.73 Å². The monoisotopic (exact) mass is 216 g/mol. The molecule has 0 unspecified atom stereocenters. The molecule has 3 nitrogen and oxygen atoms in total. The van der Waals surface area contributed by atoms with Gasteiger partial charge in [0.05, 0.1) is 5.69 Å². The van der Waals surface area contributed by atoms with Crippen molar-refractivity contribution in [1.82, 2.24) is 0 Å². The Morgan fingerprint density at radius 2 is 2.25 bits per heavy atom. The van der Waals surface area contributed by atoms with Gasteiger partial charge in [-0.3, -0.25) is 4.79 Å². The second-order valence-corrected chi connectivity index (χ2v) is 3.95. The fourth-order valence-corrected chi connectivity index (χ4v) is 2.09. The quantitative estimate of drug-likeness (QED) is 0.815. The number of hydrogen-bond donors (Lipinski definition) is 1. The molecule has 2 N–H and O–H groups in total. The van der Waals surface area contributed by atoms with Gasteiger partial charge in [-0.15, -0.1) is 0 Å². The minimum atomic E-state index is 0.182. The van der Waals surface area contributed by atoms with E-state index in [0.717, 1.165) is 17.7 Å². The first kappa shape index (κ1) is 10.9. The third-order valence-electron chi connectivity index (χ3n) is 2.90. The summed E-state index contributed by atoms with van der Waals surface area (Å²) < 4.78 is 0. The van der Waals surface area contributed by atoms with Crippen LogP contribution in [0, 0.1) is 0 Å². The van der Waals surface area contributed by atoms with Crippen molar-refractivity contribution < 1.29 is 4.79 Å². The maximum Gasteiger partial charge on any atom is 0.227 e. The summed E-state index contributed by atoms with van der Waals surface area (Å²) in [7, 11) is 1.83. The molecule has 84 valence electrons. The minimum Gasteiger partial charge on any atom is -0.327 e. The number of aryl methyl sites for hydroxylation is 1. The SMILES string of the molecule is CN1C(=O)CCc2cccc(/C=C/CN)c21. The van der Waals surface area contributed by atoms with E-state index in [9.17, 15) is 4.79 Å². The van der Waals surface area contributed by atoms with E-state index in [2.05, 4.69) is 6.07 Å². The van der Waals surface area contributed by atoms with Crippen LogP contribution >= 0.6 is 0 Å². The van der Waals surface area contributed by atoms with Crippen LogP contribution in [0.4, 0.5) is 5.69 Å². The van der Waals surface area contributed by atoms with Gasteiger partial charge in [-0.25, -0.2) is 0 Å². The summed E-state index contributed by atoms with van der Waals surface area (Å²) in [5.74, 6) is 0.182. The molecule has 0 aliphatic carbocycles. The normalized spacial score (nSPS) is 15.6. The van der Waals surface area contributed by atoms with Gasteiger partial charge in [0.15, 0.2) is 0 Å². The van der Waals surface area contributed by atoms with Gasteiger partial charge in [0.1, 0.15) is 0 Å². The Balaban J connectivity index is 2.48. The van der Waals surface area contributed by atoms with Crippen molar-refractivity contribution >= 4 is 17.7 Å². The zero-order valence-electron chi connectivity index (χ0n) is 9.44. The van der Waals surface area contributed by atoms with Gasteiger partial charge in [0, 0.05) is 20.0 Å². The van der Waals surface area contributed by atoms with Gasteiger partial charge in [0.25, 0.3) is 0 Å². The minimum absolute atomic E-state index is 0.182. The maximum absolute atomic E-state index is 11.7. The van der Waals surface area contributed by atoms with Crippen LogP contribution in [0.1, 0.15) is 17.5 Å². The molecule has 1 aliphatic rings. The van der Waals surface area contributed by atoms with Crippen molar-refractivity contribution in [2.75, 3.05) is 18.5 Å². The van der Waals surface area contributed by atoms with Crippen molar-refractivity contribution in [3.63, 3.8) is 0 Å². The van der Waals surface area contributed by atoms with E-state index in [1.165, 1.54) is 5.56 Å². The van der Waals surface area contributed by atoms with E-state index in [0.29, 0.717) is 13.0 Å². The summed E-state index contributed by atoms with van der Waals surface area (Å²) in [5, 5.41) is 0. The number of benzene rings is 1. The molecule has 2 rings (SSSR count). The van der Waals surface area contributed by atoms with Crippen molar-refractivity contribution in [3.8, 4) is 0 Å². The van der Waals surface area contributed by atoms with Gasteiger partial charge in [-0.2, -0.15) is 0 Å². The number of carbonyl (C=O) groups is 1. The second-order valence-electron chi connectivity index (χ2n) is 3.95. The number of rotatable bonds is 2. The summed E-state index contributed by atoms with van der Waals surface area (Å²) in [4.78, 5) is 13.4. The Labute approximate surface area is 95.6 Å². The lowest BCUT2D eigenvalue weighted by atomic mass is 9.97. The molecule has 0 aromatic heterocycles. The van der Waals surface area contributed by atoms with Gasteiger partial charge in [-0.1, -0.05) is 30.4 Å². The van der Waals surface area contributed by atoms with Crippen molar-refractivity contribution in [2.45, 2.75) is 12.8 Å². The smallest absolute Gasteiger partial charge is 0.227 e. The lowest BCUT2D eigenvalue weighted by molar-refractivity contribution is -0.118. The highest BCUT2D eigenvalue weighted by atomic mass is 16.2. The lowest BCUT2D eigenvalue weighted by Crippen LogP contribution is -2.31. The summed E-state index contributed by atoms with van der Waals surface area (Å²) in [6.45, 7) is 0.515. The first-order valence-electron chi connectivity index (χ1n) is 5.49. The molecular formula is C13H16N2O. The molecule has 0 saturated heterocycles. The Hall–Kier alpha value is -1.61. The zero-order chi connectivity index (χ0) is 11.5. The highest BCUT2D eigenvalue weighted by Crippen LogP contribution is 2.31. The van der Waals surface area contributed by atoms with Crippen LogP contribution in [0.3, 0.4) is 0 Å². The van der Waals surface area contributed by atoms with Gasteiger partial charge in [0.2, 0.25) is 5.91 Å². The first-order chi connectivity index (χ1) is 7.74. The molecule has 1 aromatic carbocycles. The first-order valence-corrected chi connectivity index (χ1v) is 5.49. The summed E-state index contributed by atoms with van der Waals surface area (Å²) in [5.41, 5.74) is 8.78. The molecule has 0 fully saturated rings.